The number of rotatable bonds is 15. The first-order valence-corrected chi connectivity index (χ1v) is 14.2. The molecule has 1 aliphatic rings. The van der Waals surface area contributed by atoms with Crippen molar-refractivity contribution in [3.8, 4) is 23.0 Å². The van der Waals surface area contributed by atoms with Gasteiger partial charge in [0.25, 0.3) is 0 Å². The maximum Gasteiger partial charge on any atom is 0.248 e. The van der Waals surface area contributed by atoms with Crippen LogP contribution in [-0.4, -0.2) is 74.3 Å². The fourth-order valence-corrected chi connectivity index (χ4v) is 5.05. The number of phenols is 2. The summed E-state index contributed by atoms with van der Waals surface area (Å²) in [6.45, 7) is 1.50. The highest BCUT2D eigenvalue weighted by molar-refractivity contribution is 6.06. The molecule has 0 saturated heterocycles. The zero-order valence-electron chi connectivity index (χ0n) is 25.0. The number of aromatic hydroxyl groups is 2. The second-order valence-electron chi connectivity index (χ2n) is 10.2. The van der Waals surface area contributed by atoms with Crippen molar-refractivity contribution >= 4 is 29.8 Å². The van der Waals surface area contributed by atoms with Crippen LogP contribution in [0, 0.1) is 5.92 Å². The minimum atomic E-state index is -0.996. The Morgan fingerprint density at radius 2 is 1.41 bits per heavy atom. The number of nitrogens with zero attached hydrogens (tertiary/aromatic N) is 2. The van der Waals surface area contributed by atoms with Crippen LogP contribution in [0.1, 0.15) is 48.3 Å². The third-order valence-corrected chi connectivity index (χ3v) is 7.15. The SMILES string of the molecule is COc1cc(C2c3cc(O)c(OC)cc3C=C(C(=O)NCCCCN=C(N)N)C2C(=O)NCCCCN=C(N)N)ccc1O. The van der Waals surface area contributed by atoms with Gasteiger partial charge in [0.05, 0.1) is 20.1 Å². The Labute approximate surface area is 256 Å². The third kappa shape index (κ3) is 8.69. The predicted molar refractivity (Wildman–Crippen MR) is 168 cm³/mol. The maximum atomic E-state index is 14.0. The standard InChI is InChI=1S/C30H42N8O6/c1-43-23-14-17(7-8-21(23)39)25-19-16-22(40)24(44-2)15-18(19)13-20(27(41)35-9-3-5-11-37-29(31)32)26(25)28(42)36-10-4-6-12-38-30(33)34/h7-8,13-16,25-26,39-40H,3-6,9-12H2,1-2H3,(H,35,41)(H,36,42)(H4,31,32,37)(H4,33,34,38). The van der Waals surface area contributed by atoms with Crippen molar-refractivity contribution in [3.05, 3.63) is 52.6 Å². The molecule has 238 valence electrons. The van der Waals surface area contributed by atoms with E-state index in [-0.39, 0.29) is 46.4 Å². The first-order chi connectivity index (χ1) is 21.1. The van der Waals surface area contributed by atoms with Crippen LogP contribution in [0.2, 0.25) is 0 Å². The molecule has 1 aliphatic carbocycles. The topological polar surface area (TPSA) is 246 Å². The quantitative estimate of drug-likeness (QED) is 0.0792. The first kappa shape index (κ1) is 33.4. The molecule has 0 aromatic heterocycles. The molecule has 0 heterocycles. The Morgan fingerprint density at radius 3 is 2.00 bits per heavy atom. The zero-order valence-corrected chi connectivity index (χ0v) is 25.0. The highest BCUT2D eigenvalue weighted by Gasteiger charge is 2.41. The molecule has 2 aromatic rings. The highest BCUT2D eigenvalue weighted by Crippen LogP contribution is 2.47. The molecular weight excluding hydrogens is 568 g/mol. The summed E-state index contributed by atoms with van der Waals surface area (Å²) >= 11 is 0. The van der Waals surface area contributed by atoms with Gasteiger partial charge in [0.15, 0.2) is 34.9 Å². The minimum absolute atomic E-state index is 0.000938. The van der Waals surface area contributed by atoms with Crippen LogP contribution < -0.4 is 43.0 Å². The molecular formula is C30H42N8O6. The number of hydrogen-bond acceptors (Lipinski definition) is 8. The lowest BCUT2D eigenvalue weighted by atomic mass is 9.70. The number of guanidine groups is 2. The molecule has 0 radical (unpaired) electrons. The zero-order chi connectivity index (χ0) is 32.2. The Balaban J connectivity index is 2.01. The predicted octanol–water partition coefficient (Wildman–Crippen LogP) is 0.600. The van der Waals surface area contributed by atoms with E-state index in [4.69, 9.17) is 32.4 Å². The summed E-state index contributed by atoms with van der Waals surface area (Å²) in [6.07, 6.45) is 4.14. The van der Waals surface area contributed by atoms with Crippen LogP contribution in [0.15, 0.2) is 45.9 Å². The minimum Gasteiger partial charge on any atom is -0.504 e. The number of fused-ring (bicyclic) bond motifs is 1. The largest absolute Gasteiger partial charge is 0.504 e. The number of carbonyl (C=O) groups is 2. The Kier molecular flexibility index (Phi) is 12.1. The summed E-state index contributed by atoms with van der Waals surface area (Å²) in [5.74, 6) is -2.33. The average molecular weight is 611 g/mol. The number of hydrogen-bond donors (Lipinski definition) is 8. The Hall–Kier alpha value is -5.14. The number of amides is 2. The number of methoxy groups -OCH3 is 2. The summed E-state index contributed by atoms with van der Waals surface area (Å²) in [4.78, 5) is 35.6. The molecule has 2 amide bonds. The third-order valence-electron chi connectivity index (χ3n) is 7.15. The molecule has 0 spiro atoms. The fourth-order valence-electron chi connectivity index (χ4n) is 5.05. The number of carbonyl (C=O) groups excluding carboxylic acids is 2. The Bertz CT molecular complexity index is 1420. The highest BCUT2D eigenvalue weighted by atomic mass is 16.5. The summed E-state index contributed by atoms with van der Waals surface area (Å²) < 4.78 is 10.7. The van der Waals surface area contributed by atoms with E-state index in [1.165, 1.54) is 26.4 Å². The van der Waals surface area contributed by atoms with Crippen molar-refractivity contribution in [2.75, 3.05) is 40.4 Å². The molecule has 14 nitrogen and oxygen atoms in total. The molecule has 0 fully saturated rings. The van der Waals surface area contributed by atoms with Crippen molar-refractivity contribution in [3.63, 3.8) is 0 Å². The van der Waals surface area contributed by atoms with E-state index in [9.17, 15) is 19.8 Å². The van der Waals surface area contributed by atoms with Crippen molar-refractivity contribution < 1.29 is 29.3 Å². The van der Waals surface area contributed by atoms with Gasteiger partial charge in [-0.3, -0.25) is 19.6 Å². The van der Waals surface area contributed by atoms with Gasteiger partial charge < -0.3 is 53.3 Å². The van der Waals surface area contributed by atoms with Gasteiger partial charge in [-0.1, -0.05) is 6.07 Å². The molecule has 12 N–H and O–H groups in total. The van der Waals surface area contributed by atoms with Crippen LogP contribution in [0.3, 0.4) is 0 Å². The van der Waals surface area contributed by atoms with Crippen molar-refractivity contribution in [2.45, 2.75) is 31.6 Å². The molecule has 0 aliphatic heterocycles. The van der Waals surface area contributed by atoms with Crippen molar-refractivity contribution in [1.82, 2.24) is 10.6 Å². The molecule has 0 bridgehead atoms. The van der Waals surface area contributed by atoms with Gasteiger partial charge in [0.2, 0.25) is 11.8 Å². The van der Waals surface area contributed by atoms with E-state index in [0.717, 1.165) is 0 Å². The van der Waals surface area contributed by atoms with Gasteiger partial charge in [0.1, 0.15) is 0 Å². The number of nitrogens with two attached hydrogens (primary N) is 4. The van der Waals surface area contributed by atoms with Crippen LogP contribution in [0.4, 0.5) is 0 Å². The van der Waals surface area contributed by atoms with Gasteiger partial charge in [-0.15, -0.1) is 0 Å². The second kappa shape index (κ2) is 15.9. The van der Waals surface area contributed by atoms with E-state index >= 15 is 0 Å². The summed E-state index contributed by atoms with van der Waals surface area (Å²) in [7, 11) is 2.85. The smallest absolute Gasteiger partial charge is 0.248 e. The van der Waals surface area contributed by atoms with E-state index in [1.807, 2.05) is 0 Å². The summed E-state index contributed by atoms with van der Waals surface area (Å²) in [6, 6.07) is 7.89. The molecule has 2 unspecified atom stereocenters. The lowest BCUT2D eigenvalue weighted by Gasteiger charge is -2.34. The van der Waals surface area contributed by atoms with Crippen LogP contribution >= 0.6 is 0 Å². The number of ether oxygens (including phenoxy) is 2. The number of nitrogens with one attached hydrogen (secondary N) is 2. The molecule has 2 atom stereocenters. The lowest BCUT2D eigenvalue weighted by molar-refractivity contribution is -0.127. The molecule has 44 heavy (non-hydrogen) atoms. The molecule has 0 saturated carbocycles. The lowest BCUT2D eigenvalue weighted by Crippen LogP contribution is -2.42. The monoisotopic (exact) mass is 610 g/mol. The number of aliphatic imine (C=N–C) groups is 2. The summed E-state index contributed by atoms with van der Waals surface area (Å²) in [5, 5.41) is 26.9. The molecule has 14 heteroatoms. The normalized spacial score (nSPS) is 15.3. The van der Waals surface area contributed by atoms with Crippen LogP contribution in [0.5, 0.6) is 23.0 Å². The van der Waals surface area contributed by atoms with E-state index < -0.39 is 17.7 Å². The van der Waals surface area contributed by atoms with Gasteiger partial charge in [-0.2, -0.15) is 0 Å². The van der Waals surface area contributed by atoms with Crippen LogP contribution in [-0.2, 0) is 9.59 Å². The Morgan fingerprint density at radius 1 is 0.818 bits per heavy atom. The molecule has 2 aromatic carbocycles. The van der Waals surface area contributed by atoms with E-state index in [0.29, 0.717) is 68.6 Å². The maximum absolute atomic E-state index is 14.0. The van der Waals surface area contributed by atoms with E-state index in [1.54, 1.807) is 24.3 Å². The number of unbranched alkanes of at least 4 members (excludes halogenated alkanes) is 2. The fraction of sp³-hybridized carbons (Fsp3) is 0.400. The first-order valence-electron chi connectivity index (χ1n) is 14.2. The molecule has 3 rings (SSSR count). The summed E-state index contributed by atoms with van der Waals surface area (Å²) in [5.41, 5.74) is 23.5. The average Bonchev–Trinajstić information content (AvgIpc) is 2.99. The van der Waals surface area contributed by atoms with Gasteiger partial charge in [-0.05, 0) is 72.7 Å². The van der Waals surface area contributed by atoms with Crippen molar-refractivity contribution in [2.24, 2.45) is 38.8 Å². The van der Waals surface area contributed by atoms with E-state index in [2.05, 4.69) is 20.6 Å². The van der Waals surface area contributed by atoms with Gasteiger partial charge >= 0.3 is 0 Å². The van der Waals surface area contributed by atoms with Gasteiger partial charge in [0, 0.05) is 37.7 Å². The number of phenolic OH excluding ortho intramolecular Hbond substituents is 2. The van der Waals surface area contributed by atoms with Gasteiger partial charge in [-0.25, -0.2) is 0 Å². The number of benzene rings is 2. The van der Waals surface area contributed by atoms with Crippen molar-refractivity contribution in [1.29, 1.82) is 0 Å². The second-order valence-corrected chi connectivity index (χ2v) is 10.2. The van der Waals surface area contributed by atoms with Crippen LogP contribution in [0.25, 0.3) is 6.08 Å².